The molecule has 2 amide bonds. The lowest BCUT2D eigenvalue weighted by Gasteiger charge is -2.08. The van der Waals surface area contributed by atoms with Gasteiger partial charge in [0, 0.05) is 22.9 Å². The van der Waals surface area contributed by atoms with Gasteiger partial charge < -0.3 is 16.0 Å². The average molecular weight is 418 g/mol. The molecule has 0 bridgehead atoms. The number of hydrogen-bond acceptors (Lipinski definition) is 3. The molecule has 0 unspecified atom stereocenters. The molecule has 0 radical (unpaired) electrons. The van der Waals surface area contributed by atoms with Gasteiger partial charge in [0.1, 0.15) is 17.2 Å². The SMILES string of the molecule is NC(=O)c1[nH]cnc1-c1ccc(NC(=O)/C=C\c2cc(C(F)(F)F)ccc2F)cc1. The molecule has 3 aromatic rings. The summed E-state index contributed by atoms with van der Waals surface area (Å²) in [5.41, 5.74) is 5.29. The highest BCUT2D eigenvalue weighted by atomic mass is 19.4. The number of nitrogens with two attached hydrogens (primary N) is 1. The molecule has 154 valence electrons. The number of nitrogens with zero attached hydrogens (tertiary/aromatic N) is 1. The van der Waals surface area contributed by atoms with Gasteiger partial charge in [0.25, 0.3) is 5.91 Å². The smallest absolute Gasteiger partial charge is 0.364 e. The van der Waals surface area contributed by atoms with Crippen molar-refractivity contribution in [3.05, 3.63) is 77.5 Å². The molecule has 0 aliphatic heterocycles. The van der Waals surface area contributed by atoms with Crippen molar-refractivity contribution in [1.29, 1.82) is 0 Å². The van der Waals surface area contributed by atoms with E-state index < -0.39 is 29.4 Å². The van der Waals surface area contributed by atoms with Gasteiger partial charge in [0.15, 0.2) is 0 Å². The van der Waals surface area contributed by atoms with Gasteiger partial charge in [-0.2, -0.15) is 13.2 Å². The molecular formula is C20H14F4N4O2. The van der Waals surface area contributed by atoms with Crippen LogP contribution < -0.4 is 11.1 Å². The minimum Gasteiger partial charge on any atom is -0.364 e. The van der Waals surface area contributed by atoms with Crippen LogP contribution in [0.25, 0.3) is 17.3 Å². The maximum absolute atomic E-state index is 13.7. The predicted octanol–water partition coefficient (Wildman–Crippen LogP) is 3.99. The fraction of sp³-hybridized carbons (Fsp3) is 0.0500. The van der Waals surface area contributed by atoms with Crippen LogP contribution in [-0.4, -0.2) is 21.8 Å². The van der Waals surface area contributed by atoms with E-state index in [2.05, 4.69) is 15.3 Å². The highest BCUT2D eigenvalue weighted by Gasteiger charge is 2.30. The number of primary amides is 1. The molecule has 3 rings (SSSR count). The molecular weight excluding hydrogens is 404 g/mol. The van der Waals surface area contributed by atoms with Crippen LogP contribution in [0.3, 0.4) is 0 Å². The Hall–Kier alpha value is -3.95. The van der Waals surface area contributed by atoms with Crippen LogP contribution in [0.15, 0.2) is 54.9 Å². The number of rotatable bonds is 5. The topological polar surface area (TPSA) is 101 Å². The monoisotopic (exact) mass is 418 g/mol. The summed E-state index contributed by atoms with van der Waals surface area (Å²) in [4.78, 5) is 30.0. The lowest BCUT2D eigenvalue weighted by Crippen LogP contribution is -2.12. The van der Waals surface area contributed by atoms with Crippen LogP contribution in [-0.2, 0) is 11.0 Å². The Morgan fingerprint density at radius 2 is 1.80 bits per heavy atom. The van der Waals surface area contributed by atoms with E-state index in [1.165, 1.54) is 18.5 Å². The van der Waals surface area contributed by atoms with Crippen LogP contribution >= 0.6 is 0 Å². The van der Waals surface area contributed by atoms with Crippen molar-refractivity contribution in [2.45, 2.75) is 6.18 Å². The van der Waals surface area contributed by atoms with E-state index in [-0.39, 0.29) is 11.3 Å². The standard InChI is InChI=1S/C20H14F4N4O2/c21-15-7-4-13(20(22,23)24)9-12(15)3-8-16(29)28-14-5-1-11(2-6-14)17-18(19(25)30)27-10-26-17/h1-10H,(H2,25,30)(H,26,27)(H,28,29)/b8-3-. The Kier molecular flexibility index (Phi) is 5.67. The van der Waals surface area contributed by atoms with E-state index >= 15 is 0 Å². The van der Waals surface area contributed by atoms with Crippen LogP contribution in [0, 0.1) is 5.82 Å². The Morgan fingerprint density at radius 1 is 1.10 bits per heavy atom. The van der Waals surface area contributed by atoms with Gasteiger partial charge in [0.05, 0.1) is 11.9 Å². The summed E-state index contributed by atoms with van der Waals surface area (Å²) < 4.78 is 51.9. The molecule has 30 heavy (non-hydrogen) atoms. The summed E-state index contributed by atoms with van der Waals surface area (Å²) in [6.07, 6.45) is -1.42. The van der Waals surface area contributed by atoms with Gasteiger partial charge in [-0.05, 0) is 36.4 Å². The first-order chi connectivity index (χ1) is 14.1. The highest BCUT2D eigenvalue weighted by molar-refractivity contribution is 6.02. The number of carbonyl (C=O) groups is 2. The van der Waals surface area contributed by atoms with Crippen molar-refractivity contribution in [1.82, 2.24) is 9.97 Å². The Bertz CT molecular complexity index is 1120. The molecule has 6 nitrogen and oxygen atoms in total. The number of hydrogen-bond donors (Lipinski definition) is 3. The van der Waals surface area contributed by atoms with Gasteiger partial charge in [-0.15, -0.1) is 0 Å². The number of aromatic nitrogens is 2. The maximum Gasteiger partial charge on any atom is 0.416 e. The number of imidazole rings is 1. The van der Waals surface area contributed by atoms with Gasteiger partial charge in [-0.25, -0.2) is 9.37 Å². The normalized spacial score (nSPS) is 11.6. The molecule has 4 N–H and O–H groups in total. The van der Waals surface area contributed by atoms with Crippen LogP contribution in [0.4, 0.5) is 23.2 Å². The minimum atomic E-state index is -4.62. The van der Waals surface area contributed by atoms with E-state index in [9.17, 15) is 27.2 Å². The largest absolute Gasteiger partial charge is 0.416 e. The number of benzene rings is 2. The second-order valence-electron chi connectivity index (χ2n) is 6.12. The molecule has 2 aromatic carbocycles. The number of nitrogens with one attached hydrogen (secondary N) is 2. The zero-order chi connectivity index (χ0) is 21.9. The third-order valence-corrected chi connectivity index (χ3v) is 4.05. The van der Waals surface area contributed by atoms with Crippen molar-refractivity contribution < 1.29 is 27.2 Å². The summed E-state index contributed by atoms with van der Waals surface area (Å²) in [6, 6.07) is 8.18. The van der Waals surface area contributed by atoms with Crippen molar-refractivity contribution in [3.8, 4) is 11.3 Å². The summed E-state index contributed by atoms with van der Waals surface area (Å²) >= 11 is 0. The van der Waals surface area contributed by atoms with Crippen molar-refractivity contribution in [2.24, 2.45) is 5.73 Å². The molecule has 1 aromatic heterocycles. The highest BCUT2D eigenvalue weighted by Crippen LogP contribution is 2.30. The molecule has 0 fully saturated rings. The molecule has 0 aliphatic carbocycles. The number of anilines is 1. The van der Waals surface area contributed by atoms with Crippen LogP contribution in [0.5, 0.6) is 0 Å². The Morgan fingerprint density at radius 3 is 2.43 bits per heavy atom. The first kappa shape index (κ1) is 20.8. The lowest BCUT2D eigenvalue weighted by atomic mass is 10.1. The van der Waals surface area contributed by atoms with Gasteiger partial charge >= 0.3 is 6.18 Å². The van der Waals surface area contributed by atoms with E-state index in [1.807, 2.05) is 0 Å². The zero-order valence-electron chi connectivity index (χ0n) is 15.1. The molecule has 10 heteroatoms. The Balaban J connectivity index is 1.71. The van der Waals surface area contributed by atoms with E-state index in [1.54, 1.807) is 12.1 Å². The fourth-order valence-corrected chi connectivity index (χ4v) is 2.61. The van der Waals surface area contributed by atoms with Gasteiger partial charge in [-0.3, -0.25) is 9.59 Å². The average Bonchev–Trinajstić information content (AvgIpc) is 3.17. The number of carbonyl (C=O) groups excluding carboxylic acids is 2. The van der Waals surface area contributed by atoms with Crippen LogP contribution in [0.1, 0.15) is 21.6 Å². The van der Waals surface area contributed by atoms with Crippen LogP contribution in [0.2, 0.25) is 0 Å². The molecule has 0 aliphatic rings. The number of amides is 2. The fourth-order valence-electron chi connectivity index (χ4n) is 2.61. The van der Waals surface area contributed by atoms with E-state index in [0.717, 1.165) is 12.2 Å². The Labute approximate surface area is 167 Å². The molecule has 1 heterocycles. The zero-order valence-corrected chi connectivity index (χ0v) is 15.1. The second kappa shape index (κ2) is 8.19. The van der Waals surface area contributed by atoms with Crippen molar-refractivity contribution in [3.63, 3.8) is 0 Å². The maximum atomic E-state index is 13.7. The summed E-state index contributed by atoms with van der Waals surface area (Å²) in [7, 11) is 0. The number of aromatic amines is 1. The molecule has 0 atom stereocenters. The lowest BCUT2D eigenvalue weighted by molar-refractivity contribution is -0.137. The summed E-state index contributed by atoms with van der Waals surface area (Å²) in [5, 5.41) is 2.50. The van der Waals surface area contributed by atoms with Gasteiger partial charge in [-0.1, -0.05) is 12.1 Å². The first-order valence-electron chi connectivity index (χ1n) is 8.44. The molecule has 0 spiro atoms. The van der Waals surface area contributed by atoms with E-state index in [0.29, 0.717) is 35.1 Å². The predicted molar refractivity (Wildman–Crippen MR) is 102 cm³/mol. The van der Waals surface area contributed by atoms with Gasteiger partial charge in [0.2, 0.25) is 5.91 Å². The number of halogens is 4. The van der Waals surface area contributed by atoms with E-state index in [4.69, 9.17) is 5.73 Å². The minimum absolute atomic E-state index is 0.137. The quantitative estimate of drug-likeness (QED) is 0.431. The van der Waals surface area contributed by atoms with Crippen molar-refractivity contribution >= 4 is 23.6 Å². The number of H-pyrrole nitrogens is 1. The molecule has 0 saturated heterocycles. The first-order valence-corrected chi connectivity index (χ1v) is 8.44. The third kappa shape index (κ3) is 4.72. The van der Waals surface area contributed by atoms with Crippen molar-refractivity contribution in [2.75, 3.05) is 5.32 Å². The summed E-state index contributed by atoms with van der Waals surface area (Å²) in [6.45, 7) is 0. The molecule has 0 saturated carbocycles. The number of alkyl halides is 3. The third-order valence-electron chi connectivity index (χ3n) is 4.05. The second-order valence-corrected chi connectivity index (χ2v) is 6.12. The summed E-state index contributed by atoms with van der Waals surface area (Å²) in [5.74, 6) is -2.23.